The van der Waals surface area contributed by atoms with Crippen molar-refractivity contribution in [3.63, 3.8) is 0 Å². The zero-order valence-electron chi connectivity index (χ0n) is 15.4. The van der Waals surface area contributed by atoms with Gasteiger partial charge in [0.05, 0.1) is 21.9 Å². The Labute approximate surface area is 179 Å². The molecule has 3 heterocycles. The molecule has 7 nitrogen and oxygen atoms in total. The summed E-state index contributed by atoms with van der Waals surface area (Å²) in [4.78, 5) is 42.8. The average molecular weight is 444 g/mol. The number of hydrogen-bond acceptors (Lipinski definition) is 5. The van der Waals surface area contributed by atoms with E-state index in [9.17, 15) is 14.4 Å². The summed E-state index contributed by atoms with van der Waals surface area (Å²) in [5, 5.41) is 3.68. The maximum Gasteiger partial charge on any atom is 0.327 e. The Morgan fingerprint density at radius 3 is 2.60 bits per heavy atom. The number of carbonyl (C=O) groups excluding carboxylic acids is 1. The van der Waals surface area contributed by atoms with E-state index in [1.54, 1.807) is 30.5 Å². The summed E-state index contributed by atoms with van der Waals surface area (Å²) >= 11 is 12.7. The Bertz CT molecular complexity index is 1320. The van der Waals surface area contributed by atoms with Gasteiger partial charge >= 0.3 is 5.69 Å². The first-order chi connectivity index (χ1) is 14.4. The highest BCUT2D eigenvalue weighted by atomic mass is 35.5. The van der Waals surface area contributed by atoms with Crippen molar-refractivity contribution in [2.45, 2.75) is 24.7 Å². The highest BCUT2D eigenvalue weighted by Crippen LogP contribution is 2.48. The zero-order valence-corrected chi connectivity index (χ0v) is 16.9. The topological polar surface area (TPSA) is 108 Å². The molecule has 30 heavy (non-hydrogen) atoms. The van der Waals surface area contributed by atoms with E-state index < -0.39 is 17.2 Å². The number of furan rings is 1. The molecule has 0 amide bonds. The normalized spacial score (nSPS) is 20.5. The van der Waals surface area contributed by atoms with Crippen molar-refractivity contribution in [2.24, 2.45) is 0 Å². The van der Waals surface area contributed by atoms with Crippen LogP contribution in [-0.4, -0.2) is 15.8 Å². The molecule has 2 atom stereocenters. The summed E-state index contributed by atoms with van der Waals surface area (Å²) in [5.41, 5.74) is 0.601. The Hall–Kier alpha value is -3.03. The minimum absolute atomic E-state index is 0.123. The molecule has 2 aromatic heterocycles. The number of anilines is 1. The van der Waals surface area contributed by atoms with Gasteiger partial charge in [0.1, 0.15) is 11.6 Å². The fraction of sp³-hybridized carbons (Fsp3) is 0.190. The van der Waals surface area contributed by atoms with Gasteiger partial charge in [-0.15, -0.1) is 0 Å². The lowest BCUT2D eigenvalue weighted by Gasteiger charge is -2.35. The lowest BCUT2D eigenvalue weighted by Crippen LogP contribution is -2.37. The van der Waals surface area contributed by atoms with Gasteiger partial charge in [0.25, 0.3) is 5.56 Å². The Morgan fingerprint density at radius 2 is 1.83 bits per heavy atom. The molecule has 1 aliphatic carbocycles. The predicted octanol–water partition coefficient (Wildman–Crippen LogP) is 3.92. The van der Waals surface area contributed by atoms with Crippen LogP contribution in [0.4, 0.5) is 5.82 Å². The molecule has 0 radical (unpaired) electrons. The summed E-state index contributed by atoms with van der Waals surface area (Å²) in [7, 11) is 0. The molecule has 0 unspecified atom stereocenters. The fourth-order valence-corrected chi connectivity index (χ4v) is 4.75. The summed E-state index contributed by atoms with van der Waals surface area (Å²) in [6.07, 6.45) is 2.29. The van der Waals surface area contributed by atoms with Gasteiger partial charge in [-0.05, 0) is 30.2 Å². The molecule has 9 heteroatoms. The number of ketones is 1. The van der Waals surface area contributed by atoms with E-state index in [1.807, 2.05) is 6.07 Å². The SMILES string of the molecule is O=C1C[C@@H](c2ccco2)CC2=C1[C@H](c1cccc(Cl)c1Cl)c1c([nH]c(=O)[nH]c1=O)N2. The van der Waals surface area contributed by atoms with Gasteiger partial charge in [0.15, 0.2) is 5.78 Å². The number of H-pyrrole nitrogens is 2. The number of benzene rings is 1. The van der Waals surface area contributed by atoms with Crippen molar-refractivity contribution < 1.29 is 9.21 Å². The molecule has 0 saturated carbocycles. The number of fused-ring (bicyclic) bond motifs is 1. The molecule has 1 aliphatic heterocycles. The Morgan fingerprint density at radius 1 is 1.00 bits per heavy atom. The molecule has 3 N–H and O–H groups in total. The van der Waals surface area contributed by atoms with E-state index in [2.05, 4.69) is 15.3 Å². The monoisotopic (exact) mass is 443 g/mol. The zero-order chi connectivity index (χ0) is 21.0. The third kappa shape index (κ3) is 2.93. The minimum atomic E-state index is -0.756. The first kappa shape index (κ1) is 19.0. The number of nitrogens with one attached hydrogen (secondary N) is 3. The predicted molar refractivity (Wildman–Crippen MR) is 112 cm³/mol. The molecular formula is C21H15Cl2N3O4. The Balaban J connectivity index is 1.74. The van der Waals surface area contributed by atoms with Crippen molar-refractivity contribution in [3.05, 3.63) is 95.6 Å². The van der Waals surface area contributed by atoms with E-state index >= 15 is 0 Å². The van der Waals surface area contributed by atoms with Gasteiger partial charge in [-0.25, -0.2) is 4.79 Å². The number of allylic oxidation sites excluding steroid dienone is 2. The average Bonchev–Trinajstić information content (AvgIpc) is 3.23. The van der Waals surface area contributed by atoms with Crippen LogP contribution in [0.3, 0.4) is 0 Å². The maximum absolute atomic E-state index is 13.3. The van der Waals surface area contributed by atoms with Crippen LogP contribution in [0.15, 0.2) is 61.9 Å². The summed E-state index contributed by atoms with van der Waals surface area (Å²) in [6.45, 7) is 0. The molecule has 0 fully saturated rings. The van der Waals surface area contributed by atoms with Crippen LogP contribution in [-0.2, 0) is 4.79 Å². The van der Waals surface area contributed by atoms with E-state index in [4.69, 9.17) is 27.6 Å². The molecule has 0 bridgehead atoms. The summed E-state index contributed by atoms with van der Waals surface area (Å²) in [6, 6.07) is 8.69. The summed E-state index contributed by atoms with van der Waals surface area (Å²) < 4.78 is 5.50. The van der Waals surface area contributed by atoms with Crippen molar-refractivity contribution in [3.8, 4) is 0 Å². The van der Waals surface area contributed by atoms with Crippen LogP contribution in [0.5, 0.6) is 0 Å². The lowest BCUT2D eigenvalue weighted by atomic mass is 9.73. The standard InChI is InChI=1S/C21H15Cl2N3O4/c22-11-4-1-3-10(18(11)23)15-16-12(24-19-17(15)20(28)26-21(29)25-19)7-9(8-13(16)27)14-5-2-6-30-14/h1-6,9,15H,7-8H2,(H3,24,25,26,28,29)/t9-,15-/m0/s1. The molecule has 3 aromatic rings. The molecular weight excluding hydrogens is 429 g/mol. The van der Waals surface area contributed by atoms with Gasteiger partial charge < -0.3 is 9.73 Å². The highest BCUT2D eigenvalue weighted by molar-refractivity contribution is 6.42. The van der Waals surface area contributed by atoms with Gasteiger partial charge in [0.2, 0.25) is 0 Å². The van der Waals surface area contributed by atoms with Crippen LogP contribution in [0.25, 0.3) is 0 Å². The fourth-order valence-electron chi connectivity index (χ4n) is 4.33. The highest BCUT2D eigenvalue weighted by Gasteiger charge is 2.41. The second-order valence-corrected chi connectivity index (χ2v) is 8.12. The van der Waals surface area contributed by atoms with Gasteiger partial charge in [-0.3, -0.25) is 19.6 Å². The Kier molecular flexibility index (Phi) is 4.45. The largest absolute Gasteiger partial charge is 0.469 e. The summed E-state index contributed by atoms with van der Waals surface area (Å²) in [5.74, 6) is -0.0734. The number of halogens is 2. The quantitative estimate of drug-likeness (QED) is 0.556. The number of hydrogen-bond donors (Lipinski definition) is 3. The first-order valence-corrected chi connectivity index (χ1v) is 10.1. The van der Waals surface area contributed by atoms with Crippen LogP contribution < -0.4 is 16.6 Å². The van der Waals surface area contributed by atoms with Crippen LogP contribution >= 0.6 is 23.2 Å². The van der Waals surface area contributed by atoms with Crippen molar-refractivity contribution in [2.75, 3.05) is 5.32 Å². The van der Waals surface area contributed by atoms with Crippen LogP contribution in [0.1, 0.15) is 41.6 Å². The second kappa shape index (κ2) is 7.04. The van der Waals surface area contributed by atoms with Crippen molar-refractivity contribution in [1.82, 2.24) is 9.97 Å². The van der Waals surface area contributed by atoms with E-state index in [0.717, 1.165) is 0 Å². The second-order valence-electron chi connectivity index (χ2n) is 7.33. The third-order valence-electron chi connectivity index (χ3n) is 5.58. The first-order valence-electron chi connectivity index (χ1n) is 9.31. The van der Waals surface area contributed by atoms with E-state index in [-0.39, 0.29) is 34.5 Å². The van der Waals surface area contributed by atoms with Gasteiger partial charge in [-0.2, -0.15) is 0 Å². The van der Waals surface area contributed by atoms with Crippen LogP contribution in [0, 0.1) is 0 Å². The smallest absolute Gasteiger partial charge is 0.327 e. The molecule has 0 spiro atoms. The van der Waals surface area contributed by atoms with Crippen molar-refractivity contribution in [1.29, 1.82) is 0 Å². The minimum Gasteiger partial charge on any atom is -0.469 e. The third-order valence-corrected chi connectivity index (χ3v) is 6.41. The lowest BCUT2D eigenvalue weighted by molar-refractivity contribution is -0.116. The maximum atomic E-state index is 13.3. The number of rotatable bonds is 2. The number of Topliss-reactive ketones (excluding diaryl/α,β-unsaturated/α-hetero) is 1. The van der Waals surface area contributed by atoms with E-state index in [1.165, 1.54) is 0 Å². The molecule has 5 rings (SSSR count). The number of aromatic amines is 2. The molecule has 0 saturated heterocycles. The number of carbonyl (C=O) groups is 1. The molecule has 1 aromatic carbocycles. The van der Waals surface area contributed by atoms with Gasteiger partial charge in [0, 0.05) is 29.5 Å². The molecule has 2 aliphatic rings. The molecule has 152 valence electrons. The van der Waals surface area contributed by atoms with Crippen LogP contribution in [0.2, 0.25) is 10.0 Å². The van der Waals surface area contributed by atoms with Gasteiger partial charge in [-0.1, -0.05) is 35.3 Å². The van der Waals surface area contributed by atoms with E-state index in [0.29, 0.717) is 34.0 Å². The van der Waals surface area contributed by atoms with Crippen molar-refractivity contribution >= 4 is 34.8 Å². The number of aromatic nitrogens is 2.